The van der Waals surface area contributed by atoms with Crippen LogP contribution in [0.2, 0.25) is 0 Å². The van der Waals surface area contributed by atoms with Gasteiger partial charge >= 0.3 is 0 Å². The average Bonchev–Trinajstić information content (AvgIpc) is 3.26. The molecule has 2 N–H and O–H groups in total. The molecule has 1 saturated carbocycles. The summed E-state index contributed by atoms with van der Waals surface area (Å²) in [7, 11) is 0. The molecule has 10 heteroatoms. The Morgan fingerprint density at radius 2 is 1.85 bits per heavy atom. The maximum atomic E-state index is 13.6. The fourth-order valence-electron chi connectivity index (χ4n) is 4.05. The van der Waals surface area contributed by atoms with Gasteiger partial charge in [0.2, 0.25) is 11.7 Å². The minimum atomic E-state index is -1.10. The number of hydrogen-bond acceptors (Lipinski definition) is 8. The number of carbonyl (C=O) groups excluding carboxylic acids is 3. The second-order valence-corrected chi connectivity index (χ2v) is 10.9. The van der Waals surface area contributed by atoms with E-state index in [4.69, 9.17) is 4.42 Å². The Morgan fingerprint density at radius 3 is 2.47 bits per heavy atom. The van der Waals surface area contributed by atoms with Gasteiger partial charge in [0.25, 0.3) is 17.0 Å². The second-order valence-electron chi connectivity index (χ2n) is 9.37. The van der Waals surface area contributed by atoms with E-state index in [0.29, 0.717) is 24.5 Å². The summed E-state index contributed by atoms with van der Waals surface area (Å²) in [5.74, 6) is -1.19. The molecule has 0 aromatic carbocycles. The molecule has 2 amide bonds. The SMILES string of the molecule is CC(C)C[C@H](NC(=O)C1(NC(=O)c2ccccn2)CCCCC1)C(=O)c1nnc(SC(C)C)o1.[HH].[HH]. The van der Waals surface area contributed by atoms with Gasteiger partial charge in [-0.1, -0.05) is 64.8 Å². The first-order valence-electron chi connectivity index (χ1n) is 11.8. The molecule has 0 bridgehead atoms. The molecule has 3 rings (SSSR count). The number of aromatic nitrogens is 3. The van der Waals surface area contributed by atoms with Crippen LogP contribution in [0.4, 0.5) is 0 Å². The highest BCUT2D eigenvalue weighted by atomic mass is 32.2. The molecule has 9 nitrogen and oxygen atoms in total. The summed E-state index contributed by atoms with van der Waals surface area (Å²) >= 11 is 1.37. The van der Waals surface area contributed by atoms with E-state index >= 15 is 0 Å². The summed E-state index contributed by atoms with van der Waals surface area (Å²) in [5.41, 5.74) is -0.855. The molecule has 34 heavy (non-hydrogen) atoms. The van der Waals surface area contributed by atoms with E-state index in [-0.39, 0.29) is 31.5 Å². The summed E-state index contributed by atoms with van der Waals surface area (Å²) in [6, 6.07) is 4.22. The predicted octanol–water partition coefficient (Wildman–Crippen LogP) is 4.30. The first-order valence-corrected chi connectivity index (χ1v) is 12.7. The highest BCUT2D eigenvalue weighted by Gasteiger charge is 2.43. The van der Waals surface area contributed by atoms with E-state index in [1.54, 1.807) is 18.2 Å². The van der Waals surface area contributed by atoms with E-state index in [1.165, 1.54) is 18.0 Å². The van der Waals surface area contributed by atoms with Crippen molar-refractivity contribution in [3.8, 4) is 0 Å². The van der Waals surface area contributed by atoms with Crippen LogP contribution in [0.1, 0.15) is 90.2 Å². The first kappa shape index (κ1) is 25.9. The number of amides is 2. The molecule has 0 saturated heterocycles. The lowest BCUT2D eigenvalue weighted by atomic mass is 9.80. The summed E-state index contributed by atoms with van der Waals surface area (Å²) < 4.78 is 5.56. The van der Waals surface area contributed by atoms with Crippen molar-refractivity contribution in [2.24, 2.45) is 5.92 Å². The molecule has 2 aromatic rings. The summed E-state index contributed by atoms with van der Waals surface area (Å²) in [6.45, 7) is 7.92. The van der Waals surface area contributed by atoms with Crippen LogP contribution in [0.3, 0.4) is 0 Å². The van der Waals surface area contributed by atoms with E-state index in [0.717, 1.165) is 19.3 Å². The number of nitrogens with one attached hydrogen (secondary N) is 2. The lowest BCUT2D eigenvalue weighted by molar-refractivity contribution is -0.129. The molecule has 2 aromatic heterocycles. The number of thioether (sulfide) groups is 1. The standard InChI is InChI=1S/C24H33N5O4S.2H2/c1-15(2)14-18(19(30)21-28-29-23(33-21)34-16(3)4)26-22(32)24(11-7-5-8-12-24)27-20(31)17-10-6-9-13-25-17;;/h6,9-10,13,15-16,18H,5,7-8,11-12,14H2,1-4H3,(H,26,32)(H,27,31);2*1H/t18-;;/m0../s1. The molecule has 1 atom stereocenters. The van der Waals surface area contributed by atoms with Crippen LogP contribution < -0.4 is 10.6 Å². The van der Waals surface area contributed by atoms with Crippen molar-refractivity contribution in [2.75, 3.05) is 0 Å². The van der Waals surface area contributed by atoms with Gasteiger partial charge in [0.05, 0.1) is 6.04 Å². The van der Waals surface area contributed by atoms with Crippen LogP contribution >= 0.6 is 11.8 Å². The molecule has 2 heterocycles. The number of ketones is 1. The minimum absolute atomic E-state index is 0. The Balaban J connectivity index is 0.00000324. The maximum absolute atomic E-state index is 13.6. The van der Waals surface area contributed by atoms with E-state index in [9.17, 15) is 14.4 Å². The third kappa shape index (κ3) is 6.65. The van der Waals surface area contributed by atoms with Gasteiger partial charge in [-0.2, -0.15) is 0 Å². The summed E-state index contributed by atoms with van der Waals surface area (Å²) in [5, 5.41) is 14.2. The van der Waals surface area contributed by atoms with Gasteiger partial charge in [-0.05, 0) is 37.3 Å². The van der Waals surface area contributed by atoms with Gasteiger partial charge in [-0.15, -0.1) is 10.2 Å². The highest BCUT2D eigenvalue weighted by molar-refractivity contribution is 7.99. The van der Waals surface area contributed by atoms with Gasteiger partial charge in [-0.3, -0.25) is 19.4 Å². The molecule has 0 aliphatic heterocycles. The number of nitrogens with zero attached hydrogens (tertiary/aromatic N) is 3. The Labute approximate surface area is 207 Å². The number of carbonyl (C=O) groups is 3. The van der Waals surface area contributed by atoms with Crippen LogP contribution in [0, 0.1) is 5.92 Å². The van der Waals surface area contributed by atoms with Crippen LogP contribution in [-0.4, -0.2) is 49.6 Å². The second kappa shape index (κ2) is 11.6. The molecular weight excluding hydrogens is 454 g/mol. The zero-order valence-electron chi connectivity index (χ0n) is 20.2. The van der Waals surface area contributed by atoms with Gasteiger partial charge in [-0.25, -0.2) is 0 Å². The first-order chi connectivity index (χ1) is 16.2. The van der Waals surface area contributed by atoms with E-state index in [1.807, 2.05) is 27.7 Å². The largest absolute Gasteiger partial charge is 0.408 e. The van der Waals surface area contributed by atoms with E-state index in [2.05, 4.69) is 25.8 Å². The van der Waals surface area contributed by atoms with Gasteiger partial charge in [0.15, 0.2) is 0 Å². The average molecular weight is 492 g/mol. The molecule has 188 valence electrons. The molecule has 0 unspecified atom stereocenters. The Hall–Kier alpha value is -2.75. The quantitative estimate of drug-likeness (QED) is 0.372. The lowest BCUT2D eigenvalue weighted by Crippen LogP contribution is -2.62. The monoisotopic (exact) mass is 491 g/mol. The van der Waals surface area contributed by atoms with Crippen molar-refractivity contribution in [1.29, 1.82) is 0 Å². The number of rotatable bonds is 10. The van der Waals surface area contributed by atoms with Gasteiger partial charge < -0.3 is 15.1 Å². The summed E-state index contributed by atoms with van der Waals surface area (Å²) in [4.78, 5) is 43.8. The smallest absolute Gasteiger partial charge is 0.286 e. The molecular formula is C24H37N5O4S. The van der Waals surface area contributed by atoms with Crippen LogP contribution in [0.15, 0.2) is 34.0 Å². The number of hydrogen-bond donors (Lipinski definition) is 2. The van der Waals surface area contributed by atoms with Crippen molar-refractivity contribution in [3.63, 3.8) is 0 Å². The molecule has 0 spiro atoms. The third-order valence-corrected chi connectivity index (χ3v) is 6.51. The normalized spacial score (nSPS) is 16.3. The predicted molar refractivity (Wildman–Crippen MR) is 133 cm³/mol. The van der Waals surface area contributed by atoms with E-state index < -0.39 is 23.3 Å². The van der Waals surface area contributed by atoms with Gasteiger partial charge in [0.1, 0.15) is 11.2 Å². The van der Waals surface area contributed by atoms with Crippen molar-refractivity contribution in [2.45, 2.75) is 88.3 Å². The Morgan fingerprint density at radius 1 is 1.12 bits per heavy atom. The molecule has 1 aliphatic rings. The Kier molecular flexibility index (Phi) is 8.82. The van der Waals surface area contributed by atoms with Crippen molar-refractivity contribution < 1.29 is 21.7 Å². The fourth-order valence-corrected chi connectivity index (χ4v) is 4.67. The minimum Gasteiger partial charge on any atom is -0.408 e. The van der Waals surface area contributed by atoms with Crippen molar-refractivity contribution >= 4 is 29.4 Å². The molecule has 1 fully saturated rings. The molecule has 1 aliphatic carbocycles. The zero-order valence-corrected chi connectivity index (χ0v) is 21.0. The van der Waals surface area contributed by atoms with Crippen molar-refractivity contribution in [3.05, 3.63) is 36.0 Å². The van der Waals surface area contributed by atoms with Crippen LogP contribution in [0.25, 0.3) is 0 Å². The maximum Gasteiger partial charge on any atom is 0.286 e. The topological polar surface area (TPSA) is 127 Å². The molecule has 0 radical (unpaired) electrons. The zero-order chi connectivity index (χ0) is 24.7. The third-order valence-electron chi connectivity index (χ3n) is 5.67. The fraction of sp³-hybridized carbons (Fsp3) is 0.583. The van der Waals surface area contributed by atoms with Crippen LogP contribution in [-0.2, 0) is 4.79 Å². The van der Waals surface area contributed by atoms with Crippen LogP contribution in [0.5, 0.6) is 0 Å². The Bertz CT molecular complexity index is 997. The number of Topliss-reactive ketones (excluding diaryl/α,β-unsaturated/α-hetero) is 1. The van der Waals surface area contributed by atoms with Gasteiger partial charge in [0, 0.05) is 14.3 Å². The number of pyridine rings is 1. The lowest BCUT2D eigenvalue weighted by Gasteiger charge is -2.37. The van der Waals surface area contributed by atoms with Crippen molar-refractivity contribution in [1.82, 2.24) is 25.8 Å². The summed E-state index contributed by atoms with van der Waals surface area (Å²) in [6.07, 6.45) is 5.53. The highest BCUT2D eigenvalue weighted by Crippen LogP contribution is 2.30.